The van der Waals surface area contributed by atoms with Crippen LogP contribution < -0.4 is 18.9 Å². The van der Waals surface area contributed by atoms with E-state index in [0.29, 0.717) is 120 Å². The van der Waals surface area contributed by atoms with Crippen LogP contribution >= 0.6 is 0 Å². The molecule has 0 heterocycles. The van der Waals surface area contributed by atoms with E-state index in [-0.39, 0.29) is 92.7 Å². The second kappa shape index (κ2) is 29.4. The van der Waals surface area contributed by atoms with E-state index in [2.05, 4.69) is 27.7 Å². The minimum absolute atomic E-state index is 0.160. The molecule has 8 aromatic rings. The fourth-order valence-electron chi connectivity index (χ4n) is 17.0. The van der Waals surface area contributed by atoms with E-state index in [1.807, 2.05) is 6.07 Å². The van der Waals surface area contributed by atoms with Gasteiger partial charge >= 0.3 is 0 Å². The summed E-state index contributed by atoms with van der Waals surface area (Å²) in [6.45, 7) is 8.73. The van der Waals surface area contributed by atoms with Gasteiger partial charge in [-0.1, -0.05) is 77.6 Å². The van der Waals surface area contributed by atoms with Crippen LogP contribution in [-0.2, 0) is 0 Å². The van der Waals surface area contributed by atoms with Gasteiger partial charge in [-0.2, -0.15) is 0 Å². The molecule has 13 rings (SSSR count). The number of rotatable bonds is 16. The van der Waals surface area contributed by atoms with E-state index in [4.69, 9.17) is 18.9 Å². The summed E-state index contributed by atoms with van der Waals surface area (Å²) in [6, 6.07) is 31.0. The molecule has 0 radical (unpaired) electrons. The molecule has 0 amide bonds. The monoisotopic (exact) mass is 1360 g/mol. The zero-order chi connectivity index (χ0) is 70.2. The number of phenols is 12. The molecule has 4 fully saturated rings. The Labute approximate surface area is 585 Å². The van der Waals surface area contributed by atoms with Crippen molar-refractivity contribution < 1.29 is 80.2 Å². The van der Waals surface area contributed by atoms with Crippen LogP contribution in [-0.4, -0.2) is 85.7 Å². The number of phenolic OH excluding ortho intramolecular Hbond substituents is 12. The Morgan fingerprint density at radius 3 is 0.600 bits per heavy atom. The first-order chi connectivity index (χ1) is 48.3. The summed E-state index contributed by atoms with van der Waals surface area (Å²) in [7, 11) is 0. The first-order valence-electron chi connectivity index (χ1n) is 36.5. The zero-order valence-corrected chi connectivity index (χ0v) is 57.6. The molecule has 5 aliphatic carbocycles. The molecule has 16 nitrogen and oxygen atoms in total. The maximum absolute atomic E-state index is 13.5. The third kappa shape index (κ3) is 14.2. The third-order valence-corrected chi connectivity index (χ3v) is 23.1. The third-order valence-electron chi connectivity index (χ3n) is 23.1. The molecule has 16 heteroatoms. The van der Waals surface area contributed by atoms with E-state index in [0.717, 1.165) is 77.0 Å². The van der Waals surface area contributed by atoms with E-state index >= 15 is 0 Å². The Kier molecular flexibility index (Phi) is 20.3. The summed E-state index contributed by atoms with van der Waals surface area (Å²) >= 11 is 0. The van der Waals surface area contributed by atoms with Crippen molar-refractivity contribution in [3.8, 4) is 92.0 Å². The largest absolute Gasteiger partial charge is 0.507 e. The van der Waals surface area contributed by atoms with Gasteiger partial charge in [-0.05, 0) is 221 Å². The minimum Gasteiger partial charge on any atom is -0.507 e. The SMILES string of the molecule is CCC1CCC(Oc2cc(O)c3cc2C(c2ccc(O)c(O)c2)c2cc(c(OC4CCC(CC)CC4)cc2O)C(c2ccc(O)c(O)c2)c2cc(c(OC4CCC(CC)CC4)cc2O)C(c2ccc(O)c(O)c2)c2cc(c(O)cc2OC2CCC(CC)CC2)C3c2ccc(O)c(O)c2)CC1. The molecule has 12 N–H and O–H groups in total. The molecule has 4 unspecified atom stereocenters. The summed E-state index contributed by atoms with van der Waals surface area (Å²) < 4.78 is 29.1. The van der Waals surface area contributed by atoms with Crippen LogP contribution in [0.5, 0.6) is 92.0 Å². The molecular weight excluding hydrogens is 1260 g/mol. The highest BCUT2D eigenvalue weighted by Gasteiger charge is 2.40. The van der Waals surface area contributed by atoms with Gasteiger partial charge in [0.15, 0.2) is 46.0 Å². The summed E-state index contributed by atoms with van der Waals surface area (Å²) in [6.07, 6.45) is 15.4. The second-order valence-electron chi connectivity index (χ2n) is 29.2. The predicted octanol–water partition coefficient (Wildman–Crippen LogP) is 18.6. The minimum atomic E-state index is -1.25. The standard InChI is InChI=1S/C84H96O16/c1-5-45-9-21-53(22-10-45)97-77-41-69(89)57-37-61(77)82(50-18-30-66(86)74(94)34-50)59-39-62(78(43-71(59)91)98-54-23-11-46(6-2)12-24-54)83(51-19-31-67(87)75(95)35-51)60-40-64(80(44-72(60)92)100-56-27-15-48(8-4)16-28-56)84(52-20-32-68(88)76(96)36-52)63-38-58(81(57)49-17-29-65(85)73(93)33-49)70(90)42-79(63)99-55-25-13-47(7-3)14-26-55/h17-20,29-48,53-56,81-96H,5-16,21-28H2,1-4H3. The lowest BCUT2D eigenvalue weighted by Crippen LogP contribution is -2.26. The number of ether oxygens (including phenoxy) is 4. The number of fused-ring (bicyclic) bond motifs is 8. The van der Waals surface area contributed by atoms with Crippen molar-refractivity contribution in [2.45, 2.75) is 204 Å². The van der Waals surface area contributed by atoms with Crippen molar-refractivity contribution in [3.05, 3.63) is 188 Å². The fraction of sp³-hybridized carbons (Fsp3) is 0.429. The van der Waals surface area contributed by atoms with Crippen LogP contribution in [0.25, 0.3) is 0 Å². The Morgan fingerprint density at radius 2 is 0.410 bits per heavy atom. The van der Waals surface area contributed by atoms with E-state index in [1.54, 1.807) is 60.7 Å². The Morgan fingerprint density at radius 1 is 0.220 bits per heavy atom. The number of hydrogen-bond acceptors (Lipinski definition) is 16. The highest BCUT2D eigenvalue weighted by Crippen LogP contribution is 2.57. The molecule has 8 bridgehead atoms. The average molecular weight is 1360 g/mol. The number of hydrogen-bond donors (Lipinski definition) is 12. The molecule has 0 saturated heterocycles. The molecule has 0 spiro atoms. The van der Waals surface area contributed by atoms with Gasteiger partial charge in [0.25, 0.3) is 0 Å². The van der Waals surface area contributed by atoms with Crippen LogP contribution in [0, 0.1) is 23.7 Å². The molecule has 0 aromatic heterocycles. The summed E-state index contributed by atoms with van der Waals surface area (Å²) in [5.74, 6) is -6.42. The maximum Gasteiger partial charge on any atom is 0.157 e. The normalized spacial score (nSPS) is 24.6. The molecular formula is C84H96O16. The molecule has 100 heavy (non-hydrogen) atoms. The Balaban J connectivity index is 1.20. The molecule has 528 valence electrons. The second-order valence-corrected chi connectivity index (χ2v) is 29.2. The van der Waals surface area contributed by atoms with E-state index < -0.39 is 69.7 Å². The van der Waals surface area contributed by atoms with Gasteiger partial charge in [0.1, 0.15) is 46.0 Å². The predicted molar refractivity (Wildman–Crippen MR) is 382 cm³/mol. The van der Waals surface area contributed by atoms with Crippen LogP contribution in [0.2, 0.25) is 0 Å². The highest BCUT2D eigenvalue weighted by atomic mass is 16.5. The average Bonchev–Trinajstić information content (AvgIpc) is 0.736. The first-order valence-corrected chi connectivity index (χ1v) is 36.5. The number of benzene rings is 8. The van der Waals surface area contributed by atoms with Gasteiger partial charge in [-0.15, -0.1) is 0 Å². The maximum atomic E-state index is 13.5. The van der Waals surface area contributed by atoms with Gasteiger partial charge < -0.3 is 80.2 Å². The van der Waals surface area contributed by atoms with Crippen molar-refractivity contribution in [2.75, 3.05) is 0 Å². The Hall–Kier alpha value is -9.44. The van der Waals surface area contributed by atoms with Crippen LogP contribution in [0.3, 0.4) is 0 Å². The van der Waals surface area contributed by atoms with E-state index in [9.17, 15) is 61.3 Å². The topological polar surface area (TPSA) is 280 Å². The van der Waals surface area contributed by atoms with Crippen LogP contribution in [0.4, 0.5) is 0 Å². The smallest absolute Gasteiger partial charge is 0.157 e. The molecule has 0 aliphatic heterocycles. The van der Waals surface area contributed by atoms with Gasteiger partial charge in [0, 0.05) is 92.4 Å². The summed E-state index contributed by atoms with van der Waals surface area (Å²) in [5.41, 5.74) is 3.80. The fourth-order valence-corrected chi connectivity index (χ4v) is 17.0. The number of aromatic hydroxyl groups is 12. The molecule has 4 saturated carbocycles. The lowest BCUT2D eigenvalue weighted by molar-refractivity contribution is 0.127. The molecule has 4 atom stereocenters. The van der Waals surface area contributed by atoms with Crippen molar-refractivity contribution in [2.24, 2.45) is 23.7 Å². The van der Waals surface area contributed by atoms with Gasteiger partial charge in [-0.3, -0.25) is 0 Å². The van der Waals surface area contributed by atoms with E-state index in [1.165, 1.54) is 54.6 Å². The van der Waals surface area contributed by atoms with Gasteiger partial charge in [0.05, 0.1) is 24.4 Å². The van der Waals surface area contributed by atoms with Crippen molar-refractivity contribution in [1.29, 1.82) is 0 Å². The highest BCUT2D eigenvalue weighted by molar-refractivity contribution is 5.69. The van der Waals surface area contributed by atoms with Crippen molar-refractivity contribution in [1.82, 2.24) is 0 Å². The van der Waals surface area contributed by atoms with Crippen LogP contribution in [0.1, 0.15) is 247 Å². The molecule has 5 aliphatic rings. The molecule has 8 aromatic carbocycles. The van der Waals surface area contributed by atoms with Crippen molar-refractivity contribution in [3.63, 3.8) is 0 Å². The van der Waals surface area contributed by atoms with Gasteiger partial charge in [0.2, 0.25) is 0 Å². The quantitative estimate of drug-likeness (QED) is 0.0401. The summed E-state index contributed by atoms with van der Waals surface area (Å²) in [5, 5.41) is 145. The summed E-state index contributed by atoms with van der Waals surface area (Å²) in [4.78, 5) is 0. The van der Waals surface area contributed by atoms with Crippen LogP contribution in [0.15, 0.2) is 121 Å². The van der Waals surface area contributed by atoms with Crippen molar-refractivity contribution >= 4 is 0 Å². The Bertz CT molecular complexity index is 4240. The zero-order valence-electron chi connectivity index (χ0n) is 57.6. The van der Waals surface area contributed by atoms with Gasteiger partial charge in [-0.25, -0.2) is 0 Å². The lowest BCUT2D eigenvalue weighted by Gasteiger charge is -2.34. The first kappa shape index (κ1) is 69.1. The lowest BCUT2D eigenvalue weighted by atomic mass is 9.74.